The van der Waals surface area contributed by atoms with Crippen molar-refractivity contribution in [3.05, 3.63) is 60.3 Å². The Hall–Kier alpha value is -3.15. The van der Waals surface area contributed by atoms with Crippen molar-refractivity contribution in [1.82, 2.24) is 9.97 Å². The summed E-state index contributed by atoms with van der Waals surface area (Å²) in [6, 6.07) is 16.4. The Morgan fingerprint density at radius 1 is 1.11 bits per heavy atom. The zero-order chi connectivity index (χ0) is 19.7. The van der Waals surface area contributed by atoms with Crippen LogP contribution in [-0.2, 0) is 4.74 Å². The number of cyclic esters (lactones) is 1. The third kappa shape index (κ3) is 3.50. The van der Waals surface area contributed by atoms with Gasteiger partial charge in [-0.2, -0.15) is 4.98 Å². The van der Waals surface area contributed by atoms with Gasteiger partial charge in [0.1, 0.15) is 12.4 Å². The molecule has 6 nitrogen and oxygen atoms in total. The number of rotatable bonds is 5. The minimum atomic E-state index is -0.356. The predicted octanol–water partition coefficient (Wildman–Crippen LogP) is 4.78. The Morgan fingerprint density at radius 2 is 1.89 bits per heavy atom. The average molecular weight is 376 g/mol. The third-order valence-electron chi connectivity index (χ3n) is 5.18. The van der Waals surface area contributed by atoms with E-state index in [2.05, 4.69) is 66.4 Å². The lowest BCUT2D eigenvalue weighted by Crippen LogP contribution is -2.37. The summed E-state index contributed by atoms with van der Waals surface area (Å²) in [6.45, 7) is 6.60. The summed E-state index contributed by atoms with van der Waals surface area (Å²) >= 11 is 0. The highest BCUT2D eigenvalue weighted by Crippen LogP contribution is 2.27. The third-order valence-corrected chi connectivity index (χ3v) is 5.18. The van der Waals surface area contributed by atoms with E-state index in [1.807, 2.05) is 12.1 Å². The minimum Gasteiger partial charge on any atom is -0.447 e. The Bertz CT molecular complexity index is 1000. The summed E-state index contributed by atoms with van der Waals surface area (Å²) in [5, 5.41) is 5.75. The van der Waals surface area contributed by atoms with E-state index in [0.29, 0.717) is 18.4 Å². The summed E-state index contributed by atoms with van der Waals surface area (Å²) in [5.74, 6) is 1.32. The maximum atomic E-state index is 12.2. The van der Waals surface area contributed by atoms with E-state index < -0.39 is 0 Å². The molecular formula is C22H24N4O2. The molecule has 0 aliphatic carbocycles. The van der Waals surface area contributed by atoms with E-state index in [9.17, 15) is 4.79 Å². The summed E-state index contributed by atoms with van der Waals surface area (Å²) in [4.78, 5) is 22.7. The van der Waals surface area contributed by atoms with E-state index in [1.54, 1.807) is 17.2 Å². The highest BCUT2D eigenvalue weighted by atomic mass is 16.6. The van der Waals surface area contributed by atoms with Gasteiger partial charge in [0, 0.05) is 6.20 Å². The molecule has 6 heteroatoms. The van der Waals surface area contributed by atoms with E-state index in [4.69, 9.17) is 4.74 Å². The quantitative estimate of drug-likeness (QED) is 0.694. The van der Waals surface area contributed by atoms with Crippen molar-refractivity contribution < 1.29 is 9.53 Å². The van der Waals surface area contributed by atoms with Crippen LogP contribution in [0.2, 0.25) is 0 Å². The normalized spacial score (nSPS) is 17.8. The fourth-order valence-corrected chi connectivity index (χ4v) is 3.50. The van der Waals surface area contributed by atoms with Crippen molar-refractivity contribution in [2.45, 2.75) is 32.9 Å². The molecule has 1 amide bonds. The lowest BCUT2D eigenvalue weighted by molar-refractivity contribution is 0.177. The second-order valence-electron chi connectivity index (χ2n) is 7.47. The first-order chi connectivity index (χ1) is 13.5. The molecule has 2 aromatic carbocycles. The van der Waals surface area contributed by atoms with Crippen LogP contribution in [0.25, 0.3) is 10.8 Å². The number of anilines is 2. The number of ether oxygens (including phenoxy) is 1. The molecule has 1 fully saturated rings. The first-order valence-corrected chi connectivity index (χ1v) is 9.57. The molecule has 4 rings (SSSR count). The van der Waals surface area contributed by atoms with Gasteiger partial charge in [-0.3, -0.25) is 4.90 Å². The second-order valence-corrected chi connectivity index (χ2v) is 7.47. The van der Waals surface area contributed by atoms with Crippen molar-refractivity contribution in [3.8, 4) is 0 Å². The summed E-state index contributed by atoms with van der Waals surface area (Å²) < 4.78 is 5.23. The summed E-state index contributed by atoms with van der Waals surface area (Å²) in [6.07, 6.45) is 1.31. The Morgan fingerprint density at radius 3 is 2.68 bits per heavy atom. The molecule has 0 saturated carbocycles. The molecule has 2 unspecified atom stereocenters. The highest BCUT2D eigenvalue weighted by Gasteiger charge is 2.37. The smallest absolute Gasteiger partial charge is 0.415 e. The maximum Gasteiger partial charge on any atom is 0.415 e. The van der Waals surface area contributed by atoms with Crippen molar-refractivity contribution in [3.63, 3.8) is 0 Å². The van der Waals surface area contributed by atoms with E-state index in [0.717, 1.165) is 5.56 Å². The van der Waals surface area contributed by atoms with Gasteiger partial charge >= 0.3 is 6.09 Å². The van der Waals surface area contributed by atoms with Crippen LogP contribution >= 0.6 is 0 Å². The van der Waals surface area contributed by atoms with Crippen LogP contribution in [0.1, 0.15) is 32.4 Å². The van der Waals surface area contributed by atoms with Gasteiger partial charge in [0.2, 0.25) is 5.95 Å². The number of benzene rings is 2. The Balaban J connectivity index is 1.56. The first-order valence-electron chi connectivity index (χ1n) is 9.57. The number of carbonyl (C=O) groups is 1. The molecule has 1 aliphatic rings. The topological polar surface area (TPSA) is 67.4 Å². The van der Waals surface area contributed by atoms with Crippen LogP contribution in [0.3, 0.4) is 0 Å². The van der Waals surface area contributed by atoms with Gasteiger partial charge < -0.3 is 10.1 Å². The number of fused-ring (bicyclic) bond motifs is 1. The summed E-state index contributed by atoms with van der Waals surface area (Å²) in [5.41, 5.74) is 1.15. The molecule has 0 bridgehead atoms. The highest BCUT2D eigenvalue weighted by molar-refractivity contribution is 5.89. The van der Waals surface area contributed by atoms with Gasteiger partial charge in [0.05, 0.1) is 12.1 Å². The second kappa shape index (κ2) is 7.46. The molecule has 1 N–H and O–H groups in total. The molecule has 1 aromatic heterocycles. The number of hydrogen-bond donors (Lipinski definition) is 1. The first kappa shape index (κ1) is 18.2. The van der Waals surface area contributed by atoms with Gasteiger partial charge in [-0.05, 0) is 41.3 Å². The van der Waals surface area contributed by atoms with Crippen molar-refractivity contribution >= 4 is 28.6 Å². The number of carbonyl (C=O) groups excluding carboxylic acids is 1. The molecule has 144 valence electrons. The Kier molecular flexibility index (Phi) is 4.86. The zero-order valence-corrected chi connectivity index (χ0v) is 16.3. The van der Waals surface area contributed by atoms with Crippen LogP contribution in [0.4, 0.5) is 16.6 Å². The minimum absolute atomic E-state index is 0.0197. The van der Waals surface area contributed by atoms with Crippen molar-refractivity contribution in [2.75, 3.05) is 16.8 Å². The fraction of sp³-hybridized carbons (Fsp3) is 0.318. The molecule has 1 aliphatic heterocycles. The van der Waals surface area contributed by atoms with Gasteiger partial charge in [-0.25, -0.2) is 9.78 Å². The SMILES string of the molecule is CC(Nc1nccc(N2C(=O)OCC2C(C)C)n1)c1ccc2ccccc2c1. The number of aromatic nitrogens is 2. The van der Waals surface area contributed by atoms with Gasteiger partial charge in [-0.15, -0.1) is 0 Å². The van der Waals surface area contributed by atoms with Crippen LogP contribution in [-0.4, -0.2) is 28.7 Å². The molecule has 3 aromatic rings. The molecule has 0 spiro atoms. The molecule has 2 atom stereocenters. The molecular weight excluding hydrogens is 352 g/mol. The van der Waals surface area contributed by atoms with Crippen molar-refractivity contribution in [2.24, 2.45) is 5.92 Å². The largest absolute Gasteiger partial charge is 0.447 e. The standard InChI is InChI=1S/C22H24N4O2/c1-14(2)19-13-28-22(27)26(19)20-10-11-23-21(25-20)24-15(3)17-9-8-16-6-4-5-7-18(16)12-17/h4-12,14-15,19H,13H2,1-3H3,(H,23,24,25). The zero-order valence-electron chi connectivity index (χ0n) is 16.3. The van der Waals surface area contributed by atoms with E-state index in [-0.39, 0.29) is 24.1 Å². The molecule has 1 saturated heterocycles. The van der Waals surface area contributed by atoms with Crippen LogP contribution in [0.15, 0.2) is 54.7 Å². The van der Waals surface area contributed by atoms with E-state index >= 15 is 0 Å². The number of hydrogen-bond acceptors (Lipinski definition) is 5. The average Bonchev–Trinajstić information content (AvgIpc) is 3.09. The monoisotopic (exact) mass is 376 g/mol. The van der Waals surface area contributed by atoms with Gasteiger partial charge in [-0.1, -0.05) is 50.2 Å². The lowest BCUT2D eigenvalue weighted by atomic mass is 10.0. The van der Waals surface area contributed by atoms with Crippen LogP contribution in [0, 0.1) is 5.92 Å². The van der Waals surface area contributed by atoms with Crippen molar-refractivity contribution in [1.29, 1.82) is 0 Å². The predicted molar refractivity (Wildman–Crippen MR) is 110 cm³/mol. The molecule has 0 radical (unpaired) electrons. The fourth-order valence-electron chi connectivity index (χ4n) is 3.50. The molecule has 2 heterocycles. The van der Waals surface area contributed by atoms with Crippen LogP contribution < -0.4 is 10.2 Å². The number of nitrogens with one attached hydrogen (secondary N) is 1. The molecule has 28 heavy (non-hydrogen) atoms. The maximum absolute atomic E-state index is 12.2. The van der Waals surface area contributed by atoms with Gasteiger partial charge in [0.15, 0.2) is 0 Å². The summed E-state index contributed by atoms with van der Waals surface area (Å²) in [7, 11) is 0. The van der Waals surface area contributed by atoms with Gasteiger partial charge in [0.25, 0.3) is 0 Å². The number of nitrogens with zero attached hydrogens (tertiary/aromatic N) is 3. The van der Waals surface area contributed by atoms with Crippen LogP contribution in [0.5, 0.6) is 0 Å². The number of amides is 1. The lowest BCUT2D eigenvalue weighted by Gasteiger charge is -2.23. The Labute approximate surface area is 164 Å². The van der Waals surface area contributed by atoms with E-state index in [1.165, 1.54) is 10.8 Å².